The minimum atomic E-state index is -4.38. The number of nitrogens with two attached hydrogens (primary N) is 1. The number of anilines is 3. The number of nitriles is 1. The fraction of sp³-hybridized carbons (Fsp3) is 0.0909. The standard InChI is InChI=1S/C11H8F3N5/c12-11(13,14)6-1-3-7(4-2-6)17-10-8(5-15)9(16)18-19-10/h1-4H,(H4,16,17,18,19). The largest absolute Gasteiger partial charge is 0.416 e. The molecule has 0 unspecified atom stereocenters. The summed E-state index contributed by atoms with van der Waals surface area (Å²) in [5, 5.41) is 17.7. The second kappa shape index (κ2) is 4.53. The van der Waals surface area contributed by atoms with Crippen molar-refractivity contribution >= 4 is 17.3 Å². The van der Waals surface area contributed by atoms with E-state index in [0.717, 1.165) is 12.1 Å². The second-order valence-corrected chi connectivity index (χ2v) is 3.67. The smallest absolute Gasteiger partial charge is 0.383 e. The summed E-state index contributed by atoms with van der Waals surface area (Å²) in [5.41, 5.74) is 5.19. The minimum Gasteiger partial charge on any atom is -0.383 e. The van der Waals surface area contributed by atoms with Crippen LogP contribution in [-0.2, 0) is 6.18 Å². The fourth-order valence-electron chi connectivity index (χ4n) is 1.44. The van der Waals surface area contributed by atoms with Gasteiger partial charge in [0.15, 0.2) is 5.82 Å². The molecule has 0 bridgehead atoms. The SMILES string of the molecule is N#Cc1c(Nc2ccc(C(F)(F)F)cc2)n[nH]c1N. The van der Waals surface area contributed by atoms with Crippen molar-refractivity contribution < 1.29 is 13.2 Å². The van der Waals surface area contributed by atoms with Gasteiger partial charge < -0.3 is 11.1 Å². The minimum absolute atomic E-state index is 0.0944. The number of nitrogens with zero attached hydrogens (tertiary/aromatic N) is 2. The van der Waals surface area contributed by atoms with Crippen LogP contribution >= 0.6 is 0 Å². The molecule has 0 aliphatic carbocycles. The number of aromatic amines is 1. The summed E-state index contributed by atoms with van der Waals surface area (Å²) in [5.74, 6) is 0.261. The Labute approximate surface area is 105 Å². The molecule has 0 radical (unpaired) electrons. The van der Waals surface area contributed by atoms with Crippen molar-refractivity contribution in [2.24, 2.45) is 0 Å². The lowest BCUT2D eigenvalue weighted by Crippen LogP contribution is -2.04. The van der Waals surface area contributed by atoms with Gasteiger partial charge in [-0.25, -0.2) is 0 Å². The topological polar surface area (TPSA) is 90.5 Å². The molecule has 5 nitrogen and oxygen atoms in total. The molecule has 0 spiro atoms. The molecule has 0 aliphatic rings. The van der Waals surface area contributed by atoms with Crippen LogP contribution in [-0.4, -0.2) is 10.2 Å². The zero-order valence-electron chi connectivity index (χ0n) is 9.42. The number of alkyl halides is 3. The van der Waals surface area contributed by atoms with Crippen LogP contribution in [0.3, 0.4) is 0 Å². The van der Waals surface area contributed by atoms with Gasteiger partial charge in [-0.2, -0.15) is 23.5 Å². The molecule has 2 rings (SSSR count). The molecule has 1 heterocycles. The maximum atomic E-state index is 12.4. The average Bonchev–Trinajstić information content (AvgIpc) is 2.69. The van der Waals surface area contributed by atoms with E-state index in [0.29, 0.717) is 5.69 Å². The van der Waals surface area contributed by atoms with Crippen molar-refractivity contribution in [3.63, 3.8) is 0 Å². The van der Waals surface area contributed by atoms with E-state index in [1.54, 1.807) is 0 Å². The molecular weight excluding hydrogens is 259 g/mol. The van der Waals surface area contributed by atoms with Crippen LogP contribution in [0.25, 0.3) is 0 Å². The number of rotatable bonds is 2. The highest BCUT2D eigenvalue weighted by Gasteiger charge is 2.29. The van der Waals surface area contributed by atoms with Crippen molar-refractivity contribution in [3.05, 3.63) is 35.4 Å². The number of hydrogen-bond acceptors (Lipinski definition) is 4. The maximum absolute atomic E-state index is 12.4. The maximum Gasteiger partial charge on any atom is 0.416 e. The molecule has 98 valence electrons. The number of benzene rings is 1. The monoisotopic (exact) mass is 267 g/mol. The Balaban J connectivity index is 2.23. The molecule has 0 amide bonds. The molecule has 0 aliphatic heterocycles. The number of H-pyrrole nitrogens is 1. The van der Waals surface area contributed by atoms with Gasteiger partial charge in [-0.1, -0.05) is 0 Å². The van der Waals surface area contributed by atoms with E-state index < -0.39 is 11.7 Å². The van der Waals surface area contributed by atoms with Crippen molar-refractivity contribution in [2.45, 2.75) is 6.18 Å². The normalized spacial score (nSPS) is 11.1. The summed E-state index contributed by atoms with van der Waals surface area (Å²) in [4.78, 5) is 0. The van der Waals surface area contributed by atoms with Gasteiger partial charge in [-0.15, -0.1) is 0 Å². The first-order valence-electron chi connectivity index (χ1n) is 5.10. The van der Waals surface area contributed by atoms with Crippen LogP contribution in [0.5, 0.6) is 0 Å². The molecule has 4 N–H and O–H groups in total. The predicted octanol–water partition coefficient (Wildman–Crippen LogP) is 2.63. The molecule has 0 saturated carbocycles. The average molecular weight is 267 g/mol. The Morgan fingerprint density at radius 3 is 2.42 bits per heavy atom. The van der Waals surface area contributed by atoms with Crippen LogP contribution in [0.15, 0.2) is 24.3 Å². The van der Waals surface area contributed by atoms with E-state index in [-0.39, 0.29) is 17.2 Å². The Bertz CT molecular complexity index is 621. The van der Waals surface area contributed by atoms with Gasteiger partial charge in [0, 0.05) is 5.69 Å². The zero-order valence-corrected chi connectivity index (χ0v) is 9.42. The first kappa shape index (κ1) is 12.8. The van der Waals surface area contributed by atoms with Crippen LogP contribution in [0, 0.1) is 11.3 Å². The van der Waals surface area contributed by atoms with Gasteiger partial charge in [0.25, 0.3) is 0 Å². The van der Waals surface area contributed by atoms with E-state index in [4.69, 9.17) is 11.0 Å². The van der Waals surface area contributed by atoms with Crippen molar-refractivity contribution in [3.8, 4) is 6.07 Å². The summed E-state index contributed by atoms with van der Waals surface area (Å²) < 4.78 is 37.1. The first-order valence-corrected chi connectivity index (χ1v) is 5.10. The quantitative estimate of drug-likeness (QED) is 0.780. The van der Waals surface area contributed by atoms with E-state index in [1.165, 1.54) is 12.1 Å². The van der Waals surface area contributed by atoms with Crippen LogP contribution in [0.2, 0.25) is 0 Å². The number of nitrogens with one attached hydrogen (secondary N) is 2. The third kappa shape index (κ3) is 2.60. The molecule has 19 heavy (non-hydrogen) atoms. The van der Waals surface area contributed by atoms with Crippen molar-refractivity contribution in [2.75, 3.05) is 11.1 Å². The van der Waals surface area contributed by atoms with Gasteiger partial charge in [0.1, 0.15) is 17.5 Å². The van der Waals surface area contributed by atoms with Crippen LogP contribution in [0.1, 0.15) is 11.1 Å². The number of hydrogen-bond donors (Lipinski definition) is 3. The molecular formula is C11H8F3N5. The highest BCUT2D eigenvalue weighted by Crippen LogP contribution is 2.30. The summed E-state index contributed by atoms with van der Waals surface area (Å²) in [7, 11) is 0. The molecule has 2 aromatic rings. The molecule has 0 saturated heterocycles. The lowest BCUT2D eigenvalue weighted by atomic mass is 10.2. The highest BCUT2D eigenvalue weighted by molar-refractivity contribution is 5.68. The molecule has 8 heteroatoms. The van der Waals surface area contributed by atoms with Crippen LogP contribution < -0.4 is 11.1 Å². The van der Waals surface area contributed by atoms with Crippen molar-refractivity contribution in [1.82, 2.24) is 10.2 Å². The van der Waals surface area contributed by atoms with E-state index in [9.17, 15) is 13.2 Å². The summed E-state index contributed by atoms with van der Waals surface area (Å²) >= 11 is 0. The zero-order chi connectivity index (χ0) is 14.0. The van der Waals surface area contributed by atoms with E-state index in [1.807, 2.05) is 6.07 Å². The van der Waals surface area contributed by atoms with Gasteiger partial charge in [0.05, 0.1) is 5.56 Å². The van der Waals surface area contributed by atoms with Gasteiger partial charge in [-0.05, 0) is 24.3 Å². The Morgan fingerprint density at radius 1 is 1.26 bits per heavy atom. The van der Waals surface area contributed by atoms with E-state index >= 15 is 0 Å². The predicted molar refractivity (Wildman–Crippen MR) is 62.4 cm³/mol. The molecule has 1 aromatic carbocycles. The summed E-state index contributed by atoms with van der Waals surface area (Å²) in [6.07, 6.45) is -4.38. The lowest BCUT2D eigenvalue weighted by Gasteiger charge is -2.08. The van der Waals surface area contributed by atoms with Crippen LogP contribution in [0.4, 0.5) is 30.5 Å². The fourth-order valence-corrected chi connectivity index (χ4v) is 1.44. The number of nitrogen functional groups attached to an aromatic ring is 1. The third-order valence-electron chi connectivity index (χ3n) is 2.38. The Kier molecular flexibility index (Phi) is 3.04. The summed E-state index contributed by atoms with van der Waals surface area (Å²) in [6.45, 7) is 0. The van der Waals surface area contributed by atoms with E-state index in [2.05, 4.69) is 15.5 Å². The molecule has 0 atom stereocenters. The number of halogens is 3. The van der Waals surface area contributed by atoms with Gasteiger partial charge in [0.2, 0.25) is 0 Å². The number of aromatic nitrogens is 2. The van der Waals surface area contributed by atoms with Crippen molar-refractivity contribution in [1.29, 1.82) is 5.26 Å². The lowest BCUT2D eigenvalue weighted by molar-refractivity contribution is -0.137. The first-order chi connectivity index (χ1) is 8.91. The Morgan fingerprint density at radius 2 is 1.89 bits per heavy atom. The molecule has 1 aromatic heterocycles. The van der Waals surface area contributed by atoms with Gasteiger partial charge in [-0.3, -0.25) is 5.10 Å². The third-order valence-corrected chi connectivity index (χ3v) is 2.38. The second-order valence-electron chi connectivity index (χ2n) is 3.67. The molecule has 0 fully saturated rings. The summed E-state index contributed by atoms with van der Waals surface area (Å²) in [6, 6.07) is 6.20. The van der Waals surface area contributed by atoms with Gasteiger partial charge >= 0.3 is 6.18 Å². The highest BCUT2D eigenvalue weighted by atomic mass is 19.4. The Hall–Kier alpha value is -2.69.